The molecule has 2 aromatic heterocycles. The summed E-state index contributed by atoms with van der Waals surface area (Å²) in [5, 5.41) is 6.99. The van der Waals surface area contributed by atoms with Crippen LogP contribution < -0.4 is 4.90 Å². The number of anilines is 3. The molecule has 0 radical (unpaired) electrons. The van der Waals surface area contributed by atoms with Crippen molar-refractivity contribution in [3.63, 3.8) is 0 Å². The standard InChI is InChI=1S/C46H30N2O/c1-3-13-31(14-4-1)36-17-7-10-20-42(36)47(34-24-27-37-32(29-34)23-26-41-40-19-9-12-22-45(40)49-46(37)41)35-25-28-39-38-18-8-11-21-43(38)48(44(39)30-35)33-15-5-2-6-16-33/h1-30H. The van der Waals surface area contributed by atoms with Gasteiger partial charge in [-0.25, -0.2) is 0 Å². The van der Waals surface area contributed by atoms with Crippen molar-refractivity contribution in [3.05, 3.63) is 182 Å². The second-order valence-corrected chi connectivity index (χ2v) is 12.6. The lowest BCUT2D eigenvalue weighted by molar-refractivity contribution is 0.672. The number of nitrogens with zero attached hydrogens (tertiary/aromatic N) is 2. The van der Waals surface area contributed by atoms with Crippen LogP contribution in [0.15, 0.2) is 186 Å². The largest absolute Gasteiger partial charge is 0.455 e. The summed E-state index contributed by atoms with van der Waals surface area (Å²) in [4.78, 5) is 2.40. The van der Waals surface area contributed by atoms with Crippen molar-refractivity contribution in [2.24, 2.45) is 0 Å². The zero-order valence-corrected chi connectivity index (χ0v) is 26.6. The Morgan fingerprint density at radius 1 is 0.429 bits per heavy atom. The van der Waals surface area contributed by atoms with Crippen LogP contribution in [0.1, 0.15) is 0 Å². The number of hydrogen-bond acceptors (Lipinski definition) is 2. The molecular weight excluding hydrogens is 597 g/mol. The molecule has 0 saturated carbocycles. The maximum Gasteiger partial charge on any atom is 0.143 e. The number of furan rings is 1. The van der Waals surface area contributed by atoms with Crippen LogP contribution in [-0.2, 0) is 0 Å². The van der Waals surface area contributed by atoms with Gasteiger partial charge in [-0.3, -0.25) is 0 Å². The molecule has 0 unspecified atom stereocenters. The number of para-hydroxylation sites is 4. The second-order valence-electron chi connectivity index (χ2n) is 12.6. The topological polar surface area (TPSA) is 21.3 Å². The summed E-state index contributed by atoms with van der Waals surface area (Å²) in [5.74, 6) is 0. The van der Waals surface area contributed by atoms with Gasteiger partial charge < -0.3 is 13.9 Å². The predicted octanol–water partition coefficient (Wildman–Crippen LogP) is 13.0. The lowest BCUT2D eigenvalue weighted by Crippen LogP contribution is -2.11. The van der Waals surface area contributed by atoms with Crippen molar-refractivity contribution < 1.29 is 4.42 Å². The Morgan fingerprint density at radius 2 is 1.06 bits per heavy atom. The first-order valence-corrected chi connectivity index (χ1v) is 16.7. The molecule has 0 aliphatic carbocycles. The summed E-state index contributed by atoms with van der Waals surface area (Å²) < 4.78 is 8.81. The van der Waals surface area contributed by atoms with Crippen molar-refractivity contribution in [2.75, 3.05) is 4.90 Å². The van der Waals surface area contributed by atoms with Crippen molar-refractivity contribution in [1.29, 1.82) is 0 Å². The fourth-order valence-electron chi connectivity index (χ4n) is 7.55. The summed E-state index contributed by atoms with van der Waals surface area (Å²) in [5.41, 5.74) is 10.9. The van der Waals surface area contributed by atoms with Gasteiger partial charge in [-0.05, 0) is 77.7 Å². The Balaban J connectivity index is 1.24. The zero-order valence-electron chi connectivity index (χ0n) is 26.6. The van der Waals surface area contributed by atoms with Crippen LogP contribution in [0.25, 0.3) is 71.3 Å². The minimum atomic E-state index is 0.912. The molecule has 0 N–H and O–H groups in total. The van der Waals surface area contributed by atoms with Crippen molar-refractivity contribution in [3.8, 4) is 16.8 Å². The van der Waals surface area contributed by atoms with Gasteiger partial charge in [0.2, 0.25) is 0 Å². The average Bonchev–Trinajstić information content (AvgIpc) is 3.72. The highest BCUT2D eigenvalue weighted by atomic mass is 16.3. The van der Waals surface area contributed by atoms with Gasteiger partial charge in [0, 0.05) is 49.6 Å². The first-order valence-electron chi connectivity index (χ1n) is 16.7. The van der Waals surface area contributed by atoms with Crippen LogP contribution in [0.3, 0.4) is 0 Å². The van der Waals surface area contributed by atoms with Crippen LogP contribution in [0.5, 0.6) is 0 Å². The normalized spacial score (nSPS) is 11.7. The van der Waals surface area contributed by atoms with E-state index in [1.807, 2.05) is 12.1 Å². The SMILES string of the molecule is c1ccc(-c2ccccc2N(c2ccc3c(ccc4c5ccccc5oc34)c2)c2ccc3c4ccccc4n(-c4ccccc4)c3c2)cc1. The maximum atomic E-state index is 6.43. The Hall–Kier alpha value is -6.58. The molecule has 0 saturated heterocycles. The quantitative estimate of drug-likeness (QED) is 0.190. The molecule has 49 heavy (non-hydrogen) atoms. The highest BCUT2D eigenvalue weighted by molar-refractivity contribution is 6.16. The van der Waals surface area contributed by atoms with E-state index in [9.17, 15) is 0 Å². The first-order chi connectivity index (χ1) is 24.3. The van der Waals surface area contributed by atoms with Gasteiger partial charge in [0.1, 0.15) is 11.2 Å². The maximum absolute atomic E-state index is 6.43. The molecule has 10 aromatic rings. The molecule has 0 atom stereocenters. The highest BCUT2D eigenvalue weighted by Crippen LogP contribution is 2.44. The average molecular weight is 627 g/mol. The van der Waals surface area contributed by atoms with E-state index in [0.717, 1.165) is 61.0 Å². The fraction of sp³-hybridized carbons (Fsp3) is 0. The minimum Gasteiger partial charge on any atom is -0.455 e. The molecule has 3 heteroatoms. The van der Waals surface area contributed by atoms with Crippen molar-refractivity contribution in [1.82, 2.24) is 4.57 Å². The molecular formula is C46H30N2O. The van der Waals surface area contributed by atoms with Gasteiger partial charge in [0.05, 0.1) is 16.7 Å². The number of rotatable bonds is 5. The van der Waals surface area contributed by atoms with Crippen LogP contribution >= 0.6 is 0 Å². The van der Waals surface area contributed by atoms with E-state index in [1.165, 1.54) is 27.4 Å². The van der Waals surface area contributed by atoms with Gasteiger partial charge in [-0.15, -0.1) is 0 Å². The molecule has 3 nitrogen and oxygen atoms in total. The predicted molar refractivity (Wildman–Crippen MR) is 206 cm³/mol. The van der Waals surface area contributed by atoms with E-state index in [0.29, 0.717) is 0 Å². The number of benzene rings is 8. The van der Waals surface area contributed by atoms with Crippen molar-refractivity contribution >= 4 is 71.6 Å². The lowest BCUT2D eigenvalue weighted by Gasteiger charge is -2.28. The van der Waals surface area contributed by atoms with Gasteiger partial charge >= 0.3 is 0 Å². The van der Waals surface area contributed by atoms with Crippen LogP contribution in [-0.4, -0.2) is 4.57 Å². The summed E-state index contributed by atoms with van der Waals surface area (Å²) in [6.07, 6.45) is 0. The monoisotopic (exact) mass is 626 g/mol. The third-order valence-corrected chi connectivity index (χ3v) is 9.76. The van der Waals surface area contributed by atoms with Crippen molar-refractivity contribution in [2.45, 2.75) is 0 Å². The molecule has 10 rings (SSSR count). The Bertz CT molecular complexity index is 2830. The molecule has 2 heterocycles. The summed E-state index contributed by atoms with van der Waals surface area (Å²) >= 11 is 0. The fourth-order valence-corrected chi connectivity index (χ4v) is 7.55. The molecule has 0 amide bonds. The van der Waals surface area contributed by atoms with E-state index >= 15 is 0 Å². The minimum absolute atomic E-state index is 0.912. The Labute approximate surface area is 283 Å². The van der Waals surface area contributed by atoms with E-state index in [2.05, 4.69) is 179 Å². The molecule has 0 aliphatic rings. The third kappa shape index (κ3) is 4.37. The number of hydrogen-bond donors (Lipinski definition) is 0. The molecule has 0 bridgehead atoms. The highest BCUT2D eigenvalue weighted by Gasteiger charge is 2.21. The molecule has 0 aliphatic heterocycles. The van der Waals surface area contributed by atoms with Gasteiger partial charge in [0.25, 0.3) is 0 Å². The molecule has 0 fully saturated rings. The molecule has 230 valence electrons. The lowest BCUT2D eigenvalue weighted by atomic mass is 10.0. The Kier molecular flexibility index (Phi) is 6.18. The number of fused-ring (bicyclic) bond motifs is 8. The van der Waals surface area contributed by atoms with E-state index < -0.39 is 0 Å². The summed E-state index contributed by atoms with van der Waals surface area (Å²) in [6, 6.07) is 65.0. The zero-order chi connectivity index (χ0) is 32.3. The summed E-state index contributed by atoms with van der Waals surface area (Å²) in [7, 11) is 0. The second kappa shape index (κ2) is 11.0. The third-order valence-electron chi connectivity index (χ3n) is 9.76. The smallest absolute Gasteiger partial charge is 0.143 e. The van der Waals surface area contributed by atoms with Gasteiger partial charge in [0.15, 0.2) is 0 Å². The number of aromatic nitrogens is 1. The van der Waals surface area contributed by atoms with Gasteiger partial charge in [-0.1, -0.05) is 115 Å². The van der Waals surface area contributed by atoms with Crippen LogP contribution in [0, 0.1) is 0 Å². The summed E-state index contributed by atoms with van der Waals surface area (Å²) in [6.45, 7) is 0. The first kappa shape index (κ1) is 27.5. The molecule has 8 aromatic carbocycles. The van der Waals surface area contributed by atoms with Crippen LogP contribution in [0.4, 0.5) is 17.1 Å². The van der Waals surface area contributed by atoms with Crippen LogP contribution in [0.2, 0.25) is 0 Å². The van der Waals surface area contributed by atoms with E-state index in [4.69, 9.17) is 4.42 Å². The van der Waals surface area contributed by atoms with E-state index in [-0.39, 0.29) is 0 Å². The van der Waals surface area contributed by atoms with E-state index in [1.54, 1.807) is 0 Å². The molecule has 0 spiro atoms. The van der Waals surface area contributed by atoms with Gasteiger partial charge in [-0.2, -0.15) is 0 Å². The Morgan fingerprint density at radius 3 is 1.92 bits per heavy atom.